The van der Waals surface area contributed by atoms with Crippen LogP contribution in [0.25, 0.3) is 0 Å². The highest BCUT2D eigenvalue weighted by Gasteiger charge is 2.26. The zero-order chi connectivity index (χ0) is 16.8. The molecule has 116 valence electrons. The summed E-state index contributed by atoms with van der Waals surface area (Å²) in [7, 11) is -3.99. The van der Waals surface area contributed by atoms with E-state index in [1.807, 2.05) is 13.8 Å². The van der Waals surface area contributed by atoms with Crippen molar-refractivity contribution in [3.05, 3.63) is 40.4 Å². The van der Waals surface area contributed by atoms with Crippen molar-refractivity contribution >= 4 is 21.4 Å². The number of hydrogen-bond acceptors (Lipinski definition) is 4. The van der Waals surface area contributed by atoms with E-state index < -0.39 is 20.3 Å². The number of terminal acetylenes is 1. The van der Waals surface area contributed by atoms with Gasteiger partial charge in [0.1, 0.15) is 6.07 Å². The minimum absolute atomic E-state index is 0.0675. The summed E-state index contributed by atoms with van der Waals surface area (Å²) >= 11 is 5.91. The molecule has 1 N–H and O–H groups in total. The smallest absolute Gasteiger partial charge is 0.219 e. The molecule has 0 aliphatic carbocycles. The average Bonchev–Trinajstić information content (AvgIpc) is 2.52. The summed E-state index contributed by atoms with van der Waals surface area (Å²) < 4.78 is 25.0. The van der Waals surface area contributed by atoms with Crippen LogP contribution < -0.4 is 5.32 Å². The van der Waals surface area contributed by atoms with Crippen LogP contribution >= 0.6 is 11.6 Å². The van der Waals surface area contributed by atoms with E-state index in [1.165, 1.54) is 12.1 Å². The second-order valence-corrected chi connectivity index (χ2v) is 6.93. The van der Waals surface area contributed by atoms with Crippen molar-refractivity contribution in [3.8, 4) is 18.4 Å². The monoisotopic (exact) mass is 336 g/mol. The van der Waals surface area contributed by atoms with Crippen molar-refractivity contribution < 1.29 is 8.42 Å². The minimum atomic E-state index is -3.99. The van der Waals surface area contributed by atoms with Gasteiger partial charge < -0.3 is 5.32 Å². The number of nitriles is 1. The minimum Gasteiger partial charge on any atom is -0.373 e. The SMILES string of the molecule is C#CC(CC)(CC)NC=C(C#N)S(=O)(=O)c1ccccc1Cl. The van der Waals surface area contributed by atoms with Crippen LogP contribution in [-0.2, 0) is 9.84 Å². The summed E-state index contributed by atoms with van der Waals surface area (Å²) in [5.41, 5.74) is -0.682. The second kappa shape index (κ2) is 7.35. The number of sulfone groups is 1. The first-order valence-corrected chi connectivity index (χ1v) is 8.58. The molecule has 0 fully saturated rings. The first-order chi connectivity index (χ1) is 10.4. The van der Waals surface area contributed by atoms with Gasteiger partial charge in [-0.15, -0.1) is 6.42 Å². The molecule has 1 rings (SSSR count). The molecule has 1 aromatic carbocycles. The van der Waals surface area contributed by atoms with Crippen molar-refractivity contribution in [2.75, 3.05) is 0 Å². The van der Waals surface area contributed by atoms with E-state index in [-0.39, 0.29) is 9.92 Å². The molecule has 0 bridgehead atoms. The number of halogens is 1. The van der Waals surface area contributed by atoms with Crippen LogP contribution in [-0.4, -0.2) is 14.0 Å². The normalized spacial score (nSPS) is 12.3. The van der Waals surface area contributed by atoms with Gasteiger partial charge in [-0.05, 0) is 25.0 Å². The lowest BCUT2D eigenvalue weighted by Crippen LogP contribution is -2.39. The van der Waals surface area contributed by atoms with Crippen LogP contribution in [0.15, 0.2) is 40.3 Å². The number of hydrogen-bond donors (Lipinski definition) is 1. The van der Waals surface area contributed by atoms with Gasteiger partial charge >= 0.3 is 0 Å². The topological polar surface area (TPSA) is 70.0 Å². The fraction of sp³-hybridized carbons (Fsp3) is 0.312. The Morgan fingerprint density at radius 1 is 1.41 bits per heavy atom. The van der Waals surface area contributed by atoms with Crippen molar-refractivity contribution in [2.45, 2.75) is 37.1 Å². The quantitative estimate of drug-likeness (QED) is 0.639. The Labute approximate surface area is 136 Å². The van der Waals surface area contributed by atoms with Crippen LogP contribution in [0.4, 0.5) is 0 Å². The summed E-state index contributed by atoms with van der Waals surface area (Å²) in [6.45, 7) is 3.78. The molecule has 0 heterocycles. The molecular weight excluding hydrogens is 320 g/mol. The van der Waals surface area contributed by atoms with Crippen LogP contribution in [0.1, 0.15) is 26.7 Å². The lowest BCUT2D eigenvalue weighted by Gasteiger charge is -2.26. The lowest BCUT2D eigenvalue weighted by molar-refractivity contribution is 0.442. The van der Waals surface area contributed by atoms with Gasteiger partial charge in [-0.1, -0.05) is 43.5 Å². The molecule has 0 aliphatic heterocycles. The first kappa shape index (κ1) is 18.1. The fourth-order valence-corrected chi connectivity index (χ4v) is 3.45. The molecule has 0 amide bonds. The van der Waals surface area contributed by atoms with Crippen LogP contribution in [0, 0.1) is 23.7 Å². The van der Waals surface area contributed by atoms with Gasteiger partial charge in [0.05, 0.1) is 15.5 Å². The number of nitrogens with one attached hydrogen (secondary N) is 1. The van der Waals surface area contributed by atoms with E-state index in [2.05, 4.69) is 11.2 Å². The van der Waals surface area contributed by atoms with E-state index in [0.29, 0.717) is 12.8 Å². The predicted molar refractivity (Wildman–Crippen MR) is 87.6 cm³/mol. The zero-order valence-electron chi connectivity index (χ0n) is 12.4. The van der Waals surface area contributed by atoms with Crippen molar-refractivity contribution in [3.63, 3.8) is 0 Å². The molecule has 0 atom stereocenters. The molecule has 4 nitrogen and oxygen atoms in total. The third-order valence-electron chi connectivity index (χ3n) is 3.49. The lowest BCUT2D eigenvalue weighted by atomic mass is 9.94. The molecule has 0 saturated heterocycles. The van der Waals surface area contributed by atoms with Crippen LogP contribution in [0.5, 0.6) is 0 Å². The van der Waals surface area contributed by atoms with E-state index in [1.54, 1.807) is 18.2 Å². The standard InChI is InChI=1S/C16H17ClN2O2S/c1-4-16(5-2,6-3)19-12-13(11-18)22(20,21)15-10-8-7-9-14(15)17/h1,7-10,12,19H,5-6H2,2-3H3. The zero-order valence-corrected chi connectivity index (χ0v) is 14.0. The van der Waals surface area contributed by atoms with Gasteiger partial charge in [-0.3, -0.25) is 0 Å². The second-order valence-electron chi connectivity index (χ2n) is 4.63. The Hall–Kier alpha value is -1.95. The highest BCUT2D eigenvalue weighted by Crippen LogP contribution is 2.26. The molecule has 22 heavy (non-hydrogen) atoms. The number of benzene rings is 1. The Kier molecular flexibility index (Phi) is 6.05. The van der Waals surface area contributed by atoms with Crippen LogP contribution in [0.2, 0.25) is 5.02 Å². The Morgan fingerprint density at radius 2 is 2.00 bits per heavy atom. The summed E-state index contributed by atoms with van der Waals surface area (Å²) in [6, 6.07) is 7.68. The third kappa shape index (κ3) is 3.62. The fourth-order valence-electron chi connectivity index (χ4n) is 1.85. The highest BCUT2D eigenvalue weighted by molar-refractivity contribution is 7.95. The maximum absolute atomic E-state index is 12.5. The van der Waals surface area contributed by atoms with E-state index in [4.69, 9.17) is 18.0 Å². The molecule has 0 saturated carbocycles. The van der Waals surface area contributed by atoms with E-state index >= 15 is 0 Å². The van der Waals surface area contributed by atoms with Crippen molar-refractivity contribution in [1.29, 1.82) is 5.26 Å². The van der Waals surface area contributed by atoms with Gasteiger partial charge in [0.15, 0.2) is 4.91 Å². The molecule has 0 aromatic heterocycles. The highest BCUT2D eigenvalue weighted by atomic mass is 35.5. The van der Waals surface area contributed by atoms with Crippen molar-refractivity contribution in [2.24, 2.45) is 0 Å². The van der Waals surface area contributed by atoms with Gasteiger partial charge in [0.2, 0.25) is 9.84 Å². The van der Waals surface area contributed by atoms with E-state index in [9.17, 15) is 13.7 Å². The van der Waals surface area contributed by atoms with Gasteiger partial charge in [0, 0.05) is 6.20 Å². The summed E-state index contributed by atoms with van der Waals surface area (Å²) in [5, 5.41) is 12.1. The maximum Gasteiger partial charge on any atom is 0.219 e. The van der Waals surface area contributed by atoms with Crippen molar-refractivity contribution in [1.82, 2.24) is 5.32 Å². The summed E-state index contributed by atoms with van der Waals surface area (Å²) in [4.78, 5) is -0.535. The molecular formula is C16H17ClN2O2S. The van der Waals surface area contributed by atoms with E-state index in [0.717, 1.165) is 6.20 Å². The van der Waals surface area contributed by atoms with Gasteiger partial charge in [-0.25, -0.2) is 8.42 Å². The summed E-state index contributed by atoms with van der Waals surface area (Å²) in [5.74, 6) is 2.61. The Bertz CT molecular complexity index is 751. The molecule has 6 heteroatoms. The molecule has 0 spiro atoms. The Balaban J connectivity index is 3.28. The number of nitrogens with zero attached hydrogens (tertiary/aromatic N) is 1. The number of rotatable bonds is 6. The third-order valence-corrected chi connectivity index (χ3v) is 5.65. The Morgan fingerprint density at radius 3 is 2.45 bits per heavy atom. The summed E-state index contributed by atoms with van der Waals surface area (Å²) in [6.07, 6.45) is 7.86. The molecule has 0 aliphatic rings. The molecule has 0 unspecified atom stereocenters. The largest absolute Gasteiger partial charge is 0.373 e. The molecule has 0 radical (unpaired) electrons. The van der Waals surface area contributed by atoms with Crippen LogP contribution in [0.3, 0.4) is 0 Å². The molecule has 1 aromatic rings. The maximum atomic E-state index is 12.5. The predicted octanol–water partition coefficient (Wildman–Crippen LogP) is 3.26. The number of allylic oxidation sites excluding steroid dienone is 1. The van der Waals surface area contributed by atoms with Gasteiger partial charge in [-0.2, -0.15) is 5.26 Å². The average molecular weight is 337 g/mol. The first-order valence-electron chi connectivity index (χ1n) is 6.72. The van der Waals surface area contributed by atoms with Gasteiger partial charge in [0.25, 0.3) is 0 Å².